The monoisotopic (exact) mass is 138 g/mol. The smallest absolute Gasteiger partial charge is 0.0227 e. The zero-order chi connectivity index (χ0) is 6.81. The Morgan fingerprint density at radius 3 is 1.80 bits per heavy atom. The minimum Gasteiger partial charge on any atom is -0.311 e. The largest absolute Gasteiger partial charge is 0.311 e. The van der Waals surface area contributed by atoms with Gasteiger partial charge >= 0.3 is 0 Å². The number of nitrogens with one attached hydrogen (secondary N) is 2. The average molecular weight is 138 g/mol. The lowest BCUT2D eigenvalue weighted by molar-refractivity contribution is 0.340. The van der Waals surface area contributed by atoms with Gasteiger partial charge in [-0.25, -0.2) is 0 Å². The highest BCUT2D eigenvalue weighted by atomic mass is 15.1. The van der Waals surface area contributed by atoms with Crippen LogP contribution in [0.15, 0.2) is 12.2 Å². The van der Waals surface area contributed by atoms with E-state index in [2.05, 4.69) is 22.8 Å². The molecule has 1 saturated heterocycles. The van der Waals surface area contributed by atoms with Crippen LogP contribution in [0.2, 0.25) is 0 Å². The highest BCUT2D eigenvalue weighted by molar-refractivity contribution is 4.97. The molecule has 0 aromatic heterocycles. The summed E-state index contributed by atoms with van der Waals surface area (Å²) in [6.07, 6.45) is 6.98. The number of hydrogen-bond donors (Lipinski definition) is 2. The van der Waals surface area contributed by atoms with Gasteiger partial charge in [0.2, 0.25) is 0 Å². The van der Waals surface area contributed by atoms with Crippen LogP contribution in [0.25, 0.3) is 0 Å². The zero-order valence-electron chi connectivity index (χ0n) is 6.14. The fourth-order valence-electron chi connectivity index (χ4n) is 1.62. The lowest BCUT2D eigenvalue weighted by Crippen LogP contribution is -2.54. The molecule has 3 aliphatic rings. The van der Waals surface area contributed by atoms with Crippen molar-refractivity contribution >= 4 is 0 Å². The van der Waals surface area contributed by atoms with Gasteiger partial charge in [-0.1, -0.05) is 12.2 Å². The summed E-state index contributed by atoms with van der Waals surface area (Å²) < 4.78 is 0. The zero-order valence-corrected chi connectivity index (χ0v) is 6.14. The Bertz CT molecular complexity index is 118. The van der Waals surface area contributed by atoms with Crippen molar-refractivity contribution in [2.24, 2.45) is 0 Å². The molecule has 0 unspecified atom stereocenters. The third-order valence-electron chi connectivity index (χ3n) is 2.31. The maximum Gasteiger partial charge on any atom is 0.0227 e. The van der Waals surface area contributed by atoms with Gasteiger partial charge in [-0.3, -0.25) is 0 Å². The summed E-state index contributed by atoms with van der Waals surface area (Å²) in [5, 5.41) is 7.01. The summed E-state index contributed by atoms with van der Waals surface area (Å²) in [6.45, 7) is 2.30. The van der Waals surface area contributed by atoms with E-state index in [4.69, 9.17) is 0 Å². The van der Waals surface area contributed by atoms with Gasteiger partial charge in [0.1, 0.15) is 0 Å². The third-order valence-corrected chi connectivity index (χ3v) is 2.31. The molecule has 0 spiro atoms. The van der Waals surface area contributed by atoms with E-state index in [1.807, 2.05) is 0 Å². The molecule has 3 heterocycles. The Labute approximate surface area is 61.7 Å². The van der Waals surface area contributed by atoms with Crippen LogP contribution >= 0.6 is 0 Å². The standard InChI is InChI=1S/C8H14N2/c1-2-4-8-6-9-7(3-1)5-10-8/h1-2,7-10H,3-6H2/b2-1-/t7-,8-/m1/s1. The van der Waals surface area contributed by atoms with E-state index in [9.17, 15) is 0 Å². The molecule has 2 nitrogen and oxygen atoms in total. The molecule has 10 heavy (non-hydrogen) atoms. The minimum absolute atomic E-state index is 0.688. The van der Waals surface area contributed by atoms with E-state index >= 15 is 0 Å². The van der Waals surface area contributed by atoms with E-state index in [0.29, 0.717) is 12.1 Å². The van der Waals surface area contributed by atoms with Crippen molar-refractivity contribution in [3.8, 4) is 0 Å². The fraction of sp³-hybridized carbons (Fsp3) is 0.750. The lowest BCUT2D eigenvalue weighted by atomic mass is 10.0. The summed E-state index contributed by atoms with van der Waals surface area (Å²) in [5.74, 6) is 0. The lowest BCUT2D eigenvalue weighted by Gasteiger charge is -2.31. The molecule has 3 rings (SSSR count). The molecule has 0 saturated carbocycles. The Kier molecular flexibility index (Phi) is 1.74. The van der Waals surface area contributed by atoms with E-state index < -0.39 is 0 Å². The van der Waals surface area contributed by atoms with Crippen molar-refractivity contribution in [2.75, 3.05) is 13.1 Å². The van der Waals surface area contributed by atoms with Crippen molar-refractivity contribution in [1.82, 2.24) is 10.6 Å². The summed E-state index contributed by atoms with van der Waals surface area (Å²) in [7, 11) is 0. The Balaban J connectivity index is 2.06. The maximum absolute atomic E-state index is 3.51. The molecule has 0 aromatic rings. The Hall–Kier alpha value is -0.340. The first kappa shape index (κ1) is 6.38. The average Bonchev–Trinajstić information content (AvgIpc) is 1.89. The quantitative estimate of drug-likeness (QED) is 0.469. The Morgan fingerprint density at radius 1 is 0.900 bits per heavy atom. The van der Waals surface area contributed by atoms with Gasteiger partial charge in [-0.2, -0.15) is 0 Å². The molecule has 0 aromatic carbocycles. The molecule has 3 aliphatic heterocycles. The predicted molar refractivity (Wildman–Crippen MR) is 42.0 cm³/mol. The van der Waals surface area contributed by atoms with Gasteiger partial charge in [0.05, 0.1) is 0 Å². The molecule has 0 aliphatic carbocycles. The predicted octanol–water partition coefficient (Wildman–Crippen LogP) is 0.266. The molecule has 2 heteroatoms. The minimum atomic E-state index is 0.688. The van der Waals surface area contributed by atoms with E-state index in [1.165, 1.54) is 12.8 Å². The molecule has 0 radical (unpaired) electrons. The summed E-state index contributed by atoms with van der Waals surface area (Å²) in [4.78, 5) is 0. The van der Waals surface area contributed by atoms with Crippen molar-refractivity contribution in [3.05, 3.63) is 12.2 Å². The van der Waals surface area contributed by atoms with Gasteiger partial charge in [-0.05, 0) is 12.8 Å². The number of fused-ring (bicyclic) bond motifs is 4. The number of hydrogen-bond acceptors (Lipinski definition) is 2. The summed E-state index contributed by atoms with van der Waals surface area (Å²) >= 11 is 0. The van der Waals surface area contributed by atoms with Gasteiger partial charge in [-0.15, -0.1) is 0 Å². The van der Waals surface area contributed by atoms with E-state index in [-0.39, 0.29) is 0 Å². The van der Waals surface area contributed by atoms with E-state index in [1.54, 1.807) is 0 Å². The van der Waals surface area contributed by atoms with Crippen LogP contribution in [-0.4, -0.2) is 25.2 Å². The fourth-order valence-corrected chi connectivity index (χ4v) is 1.62. The first-order chi connectivity index (χ1) is 4.95. The first-order valence-electron chi connectivity index (χ1n) is 4.07. The second-order valence-electron chi connectivity index (χ2n) is 3.15. The van der Waals surface area contributed by atoms with Gasteiger partial charge in [0.15, 0.2) is 0 Å². The molecular weight excluding hydrogens is 124 g/mol. The maximum atomic E-state index is 3.51. The second-order valence-corrected chi connectivity index (χ2v) is 3.15. The third kappa shape index (κ3) is 1.22. The van der Waals surface area contributed by atoms with Crippen LogP contribution in [-0.2, 0) is 0 Å². The van der Waals surface area contributed by atoms with Gasteiger partial charge < -0.3 is 10.6 Å². The van der Waals surface area contributed by atoms with Gasteiger partial charge in [0, 0.05) is 25.2 Å². The second kappa shape index (κ2) is 2.72. The van der Waals surface area contributed by atoms with Crippen LogP contribution in [0.1, 0.15) is 12.8 Å². The normalized spacial score (nSPS) is 42.4. The van der Waals surface area contributed by atoms with Crippen LogP contribution < -0.4 is 10.6 Å². The molecule has 2 bridgehead atoms. The van der Waals surface area contributed by atoms with Crippen molar-refractivity contribution in [3.63, 3.8) is 0 Å². The number of rotatable bonds is 0. The van der Waals surface area contributed by atoms with Gasteiger partial charge in [0.25, 0.3) is 0 Å². The first-order valence-corrected chi connectivity index (χ1v) is 4.07. The topological polar surface area (TPSA) is 24.1 Å². The van der Waals surface area contributed by atoms with Crippen molar-refractivity contribution in [2.45, 2.75) is 24.9 Å². The molecule has 56 valence electrons. The summed E-state index contributed by atoms with van der Waals surface area (Å²) in [6, 6.07) is 1.38. The van der Waals surface area contributed by atoms with E-state index in [0.717, 1.165) is 13.1 Å². The molecule has 1 fully saturated rings. The van der Waals surface area contributed by atoms with Crippen molar-refractivity contribution in [1.29, 1.82) is 0 Å². The van der Waals surface area contributed by atoms with Crippen molar-refractivity contribution < 1.29 is 0 Å². The van der Waals surface area contributed by atoms with Crippen LogP contribution in [0.4, 0.5) is 0 Å². The summed E-state index contributed by atoms with van der Waals surface area (Å²) in [5.41, 5.74) is 0. The number of piperazine rings is 1. The highest BCUT2D eigenvalue weighted by Crippen LogP contribution is 2.06. The molecular formula is C8H14N2. The SMILES string of the molecule is C1=C\C[C@@H]2CN[C@H](C/1)CN2. The molecule has 2 N–H and O–H groups in total. The molecule has 2 atom stereocenters. The van der Waals surface area contributed by atoms with Crippen LogP contribution in [0.3, 0.4) is 0 Å². The molecule has 0 amide bonds. The van der Waals surface area contributed by atoms with Crippen LogP contribution in [0, 0.1) is 0 Å². The highest BCUT2D eigenvalue weighted by Gasteiger charge is 2.19. The Morgan fingerprint density at radius 2 is 1.40 bits per heavy atom. The van der Waals surface area contributed by atoms with Crippen LogP contribution in [0.5, 0.6) is 0 Å².